The van der Waals surface area contributed by atoms with E-state index in [1.165, 1.54) is 42.8 Å². The van der Waals surface area contributed by atoms with E-state index in [2.05, 4.69) is 77.6 Å². The summed E-state index contributed by atoms with van der Waals surface area (Å²) in [6.45, 7) is 14.1. The van der Waals surface area contributed by atoms with Crippen LogP contribution in [0, 0.1) is 6.92 Å². The summed E-state index contributed by atoms with van der Waals surface area (Å²) >= 11 is 1.78. The number of amides is 1. The van der Waals surface area contributed by atoms with Gasteiger partial charge in [-0.05, 0) is 123 Å². The van der Waals surface area contributed by atoms with Crippen LogP contribution >= 0.6 is 11.3 Å². The van der Waals surface area contributed by atoms with Gasteiger partial charge in [-0.1, -0.05) is 42.5 Å². The Bertz CT molecular complexity index is 2880. The highest BCUT2D eigenvalue weighted by Crippen LogP contribution is 2.35. The number of benzene rings is 4. The first kappa shape index (κ1) is 52.0. The van der Waals surface area contributed by atoms with Crippen molar-refractivity contribution in [3.63, 3.8) is 0 Å². The lowest BCUT2D eigenvalue weighted by Gasteiger charge is -2.32. The molecule has 4 heterocycles. The van der Waals surface area contributed by atoms with Crippen molar-refractivity contribution in [1.29, 1.82) is 0 Å². The van der Waals surface area contributed by atoms with Crippen LogP contribution in [0.5, 0.6) is 5.75 Å². The van der Waals surface area contributed by atoms with Crippen LogP contribution in [-0.2, 0) is 36.8 Å². The number of fused-ring (bicyclic) bond motifs is 3. The van der Waals surface area contributed by atoms with E-state index in [0.717, 1.165) is 73.5 Å². The normalized spacial score (nSPS) is 14.3. The number of aryl methyl sites for hydroxylation is 2. The number of aromatic nitrogens is 3. The monoisotopic (exact) mass is 995 g/mol. The van der Waals surface area contributed by atoms with Crippen LogP contribution in [0.1, 0.15) is 49.8 Å². The number of hydrogen-bond acceptors (Lipinski definition) is 12. The first-order valence-electron chi connectivity index (χ1n) is 25.2. The minimum absolute atomic E-state index is 0.0258. The summed E-state index contributed by atoms with van der Waals surface area (Å²) in [4.78, 5) is 16.4. The number of thiophene rings is 1. The standard InChI is InChI=1S/C57H70N8O6S/c1-4-63-52-20-15-44(36-51(52)50-19-16-45(37-53(50)63)55-14-10-34-72-55)38-60-23-26-67-28-30-69-32-33-70-31-29-68-27-25-62(59)40-48(58)41-71-54-21-17-46(35-42(54)2)57-47(39-65(61-57)49-12-6-5-7-13-49)18-22-56(66)64-24-9-8-11-43(64)3/h5-7,10,12-22,34-37,39-40,43,60H,4,8-9,11,23-33,38,41,58-59H2,1-3H3/b22-18+,48-40-. The summed E-state index contributed by atoms with van der Waals surface area (Å²) in [6.07, 6.45) is 10.4. The topological polar surface area (TPSA) is 157 Å². The molecule has 0 saturated carbocycles. The second-order valence-corrected chi connectivity index (χ2v) is 19.0. The largest absolute Gasteiger partial charge is 0.487 e. The number of hydrogen-bond donors (Lipinski definition) is 3. The third kappa shape index (κ3) is 14.0. The van der Waals surface area contributed by atoms with Gasteiger partial charge in [0.15, 0.2) is 0 Å². The Morgan fingerprint density at radius 1 is 0.847 bits per heavy atom. The van der Waals surface area contributed by atoms with Crippen LogP contribution in [0.3, 0.4) is 0 Å². The number of nitrogens with two attached hydrogens (primary N) is 2. The van der Waals surface area contributed by atoms with Gasteiger partial charge < -0.3 is 49.2 Å². The van der Waals surface area contributed by atoms with Crippen LogP contribution < -0.4 is 21.6 Å². The molecule has 1 atom stereocenters. The zero-order chi connectivity index (χ0) is 50.1. The van der Waals surface area contributed by atoms with Gasteiger partial charge in [0.05, 0.1) is 76.5 Å². The fraction of sp³-hybridized carbons (Fsp3) is 0.368. The summed E-state index contributed by atoms with van der Waals surface area (Å²) < 4.78 is 33.2. The molecule has 0 radical (unpaired) electrons. The van der Waals surface area contributed by atoms with E-state index in [1.807, 2.05) is 77.3 Å². The quantitative estimate of drug-likeness (QED) is 0.0195. The number of carbonyl (C=O) groups excluding carboxylic acids is 1. The number of rotatable bonds is 27. The number of nitrogens with zero attached hydrogens (tertiary/aromatic N) is 5. The highest BCUT2D eigenvalue weighted by Gasteiger charge is 2.22. The SMILES string of the molecule is CCn1c2ccc(CNCCOCCOCCOCCOCCN(N)/C=C(\N)COc3ccc(-c4nn(-c5ccccc5)cc4/C=C/C(=O)N4CCCCC4C)cc3C)cc2c2ccc(-c3cccs3)cc21. The van der Waals surface area contributed by atoms with E-state index in [1.54, 1.807) is 23.6 Å². The maximum Gasteiger partial charge on any atom is 0.246 e. The number of ether oxygens (including phenoxy) is 5. The van der Waals surface area contributed by atoms with E-state index in [-0.39, 0.29) is 18.6 Å². The third-order valence-electron chi connectivity index (χ3n) is 12.8. The molecule has 7 aromatic rings. The van der Waals surface area contributed by atoms with Gasteiger partial charge in [-0.3, -0.25) is 4.79 Å². The number of nitrogens with one attached hydrogen (secondary N) is 1. The molecule has 380 valence electrons. The predicted molar refractivity (Wildman–Crippen MR) is 290 cm³/mol. The molecule has 8 rings (SSSR count). The second-order valence-electron chi connectivity index (χ2n) is 18.1. The summed E-state index contributed by atoms with van der Waals surface area (Å²) in [5.74, 6) is 6.90. The smallest absolute Gasteiger partial charge is 0.246 e. The highest BCUT2D eigenvalue weighted by atomic mass is 32.1. The van der Waals surface area contributed by atoms with Crippen molar-refractivity contribution < 1.29 is 28.5 Å². The molecule has 1 saturated heterocycles. The maximum absolute atomic E-state index is 13.2. The van der Waals surface area contributed by atoms with Crippen LogP contribution in [0.4, 0.5) is 0 Å². The lowest BCUT2D eigenvalue weighted by atomic mass is 10.0. The molecule has 0 aliphatic carbocycles. The van der Waals surface area contributed by atoms with E-state index in [4.69, 9.17) is 40.4 Å². The molecule has 0 bridgehead atoms. The van der Waals surface area contributed by atoms with Gasteiger partial charge >= 0.3 is 0 Å². The molecule has 1 aliphatic rings. The van der Waals surface area contributed by atoms with Crippen LogP contribution in [-0.4, -0.2) is 115 Å². The van der Waals surface area contributed by atoms with Crippen molar-refractivity contribution >= 4 is 45.1 Å². The Morgan fingerprint density at radius 2 is 1.61 bits per heavy atom. The lowest BCUT2D eigenvalue weighted by molar-refractivity contribution is -0.129. The second kappa shape index (κ2) is 26.4. The van der Waals surface area contributed by atoms with Gasteiger partial charge in [0.2, 0.25) is 5.91 Å². The molecule has 4 aromatic carbocycles. The number of likely N-dealkylation sites (tertiary alicyclic amines) is 1. The molecule has 0 spiro atoms. The van der Waals surface area contributed by atoms with Gasteiger partial charge in [-0.25, -0.2) is 10.5 Å². The van der Waals surface area contributed by atoms with Crippen molar-refractivity contribution in [3.05, 3.63) is 143 Å². The van der Waals surface area contributed by atoms with Crippen LogP contribution in [0.25, 0.3) is 55.3 Å². The molecule has 5 N–H and O–H groups in total. The zero-order valence-electron chi connectivity index (χ0n) is 42.0. The van der Waals surface area contributed by atoms with Crippen LogP contribution in [0.2, 0.25) is 0 Å². The lowest BCUT2D eigenvalue weighted by Crippen LogP contribution is -2.41. The van der Waals surface area contributed by atoms with Crippen molar-refractivity contribution in [1.82, 2.24) is 29.6 Å². The zero-order valence-corrected chi connectivity index (χ0v) is 42.8. The molecule has 14 nitrogen and oxygen atoms in total. The van der Waals surface area contributed by atoms with E-state index in [0.29, 0.717) is 70.8 Å². The average Bonchev–Trinajstić information content (AvgIpc) is 4.16. The van der Waals surface area contributed by atoms with Gasteiger partial charge in [-0.15, -0.1) is 11.3 Å². The average molecular weight is 995 g/mol. The molecular formula is C57H70N8O6S. The van der Waals surface area contributed by atoms with E-state index >= 15 is 0 Å². The molecule has 1 aliphatic heterocycles. The Labute approximate surface area is 427 Å². The minimum Gasteiger partial charge on any atom is -0.487 e. The Morgan fingerprint density at radius 3 is 2.35 bits per heavy atom. The van der Waals surface area contributed by atoms with Gasteiger partial charge in [0.25, 0.3) is 0 Å². The van der Waals surface area contributed by atoms with E-state index < -0.39 is 0 Å². The summed E-state index contributed by atoms with van der Waals surface area (Å²) in [5, 5.41) is 14.7. The molecule has 1 amide bonds. The predicted octanol–water partition coefficient (Wildman–Crippen LogP) is 9.33. The van der Waals surface area contributed by atoms with Crippen LogP contribution in [0.15, 0.2) is 127 Å². The number of para-hydroxylation sites is 1. The number of hydrazine groups is 1. The summed E-state index contributed by atoms with van der Waals surface area (Å²) in [5.41, 5.74) is 16.2. The molecule has 1 fully saturated rings. The maximum atomic E-state index is 13.2. The fourth-order valence-corrected chi connectivity index (χ4v) is 9.79. The Hall–Kier alpha value is -6.30. The molecule has 1 unspecified atom stereocenters. The number of piperidine rings is 1. The first-order chi connectivity index (χ1) is 35.2. The molecular weight excluding hydrogens is 925 g/mol. The summed E-state index contributed by atoms with van der Waals surface area (Å²) in [6, 6.07) is 34.0. The fourth-order valence-electron chi connectivity index (χ4n) is 9.07. The van der Waals surface area contributed by atoms with Gasteiger partial charge in [-0.2, -0.15) is 5.10 Å². The van der Waals surface area contributed by atoms with Crippen molar-refractivity contribution in [2.45, 2.75) is 59.2 Å². The van der Waals surface area contributed by atoms with Crippen molar-refractivity contribution in [2.75, 3.05) is 79.1 Å². The first-order valence-corrected chi connectivity index (χ1v) is 26.1. The minimum atomic E-state index is 0.0258. The van der Waals surface area contributed by atoms with Gasteiger partial charge in [0.1, 0.15) is 12.4 Å². The van der Waals surface area contributed by atoms with Crippen molar-refractivity contribution in [2.24, 2.45) is 11.6 Å². The molecule has 15 heteroatoms. The Balaban J connectivity index is 0.665. The summed E-state index contributed by atoms with van der Waals surface area (Å²) in [7, 11) is 0. The third-order valence-corrected chi connectivity index (χ3v) is 13.8. The highest BCUT2D eigenvalue weighted by molar-refractivity contribution is 7.13. The molecule has 72 heavy (non-hydrogen) atoms. The number of carbonyl (C=O) groups is 1. The van der Waals surface area contributed by atoms with Crippen molar-refractivity contribution in [3.8, 4) is 33.1 Å². The molecule has 3 aromatic heterocycles. The van der Waals surface area contributed by atoms with Gasteiger partial charge in [0, 0.05) is 88.5 Å². The van der Waals surface area contributed by atoms with E-state index in [9.17, 15) is 4.79 Å². The Kier molecular flexibility index (Phi) is 19.1.